The van der Waals surface area contributed by atoms with Crippen molar-refractivity contribution >= 4 is 28.2 Å². The highest BCUT2D eigenvalue weighted by molar-refractivity contribution is 6.31. The van der Waals surface area contributed by atoms with Crippen LogP contribution in [0, 0.1) is 5.41 Å². The first-order valence-electron chi connectivity index (χ1n) is 9.65. The van der Waals surface area contributed by atoms with E-state index < -0.39 is 0 Å². The maximum atomic E-state index is 13.3. The summed E-state index contributed by atoms with van der Waals surface area (Å²) in [6, 6.07) is 20.2. The molecule has 1 atom stereocenters. The van der Waals surface area contributed by atoms with Gasteiger partial charge in [-0.15, -0.1) is 0 Å². The lowest BCUT2D eigenvalue weighted by Crippen LogP contribution is -2.33. The SMILES string of the molecule is CC1(C)CC(=O)C2=C(C1)Oc1ccc3ccccc3c1C2c1ccccc1Cl. The quantitative estimate of drug-likeness (QED) is 0.465. The lowest BCUT2D eigenvalue weighted by Gasteiger charge is -2.39. The standard InChI is InChI=1S/C25H21ClO2/c1-25(2)13-19(27)24-21(14-25)28-20-12-11-15-7-3-4-8-16(15)22(20)23(24)17-9-5-6-10-18(17)26/h3-12,23H,13-14H2,1-2H3. The molecule has 1 aliphatic carbocycles. The number of benzene rings is 3. The smallest absolute Gasteiger partial charge is 0.163 e. The van der Waals surface area contributed by atoms with Crippen molar-refractivity contribution in [3.05, 3.63) is 88.1 Å². The number of hydrogen-bond donors (Lipinski definition) is 0. The average Bonchev–Trinajstić information content (AvgIpc) is 2.65. The first-order valence-corrected chi connectivity index (χ1v) is 10.0. The summed E-state index contributed by atoms with van der Waals surface area (Å²) in [4.78, 5) is 13.3. The van der Waals surface area contributed by atoms with Crippen molar-refractivity contribution in [1.82, 2.24) is 0 Å². The van der Waals surface area contributed by atoms with Crippen LogP contribution in [-0.4, -0.2) is 5.78 Å². The molecule has 0 fully saturated rings. The molecule has 28 heavy (non-hydrogen) atoms. The molecule has 0 aromatic heterocycles. The van der Waals surface area contributed by atoms with Crippen LogP contribution >= 0.6 is 11.6 Å². The van der Waals surface area contributed by atoms with Gasteiger partial charge < -0.3 is 4.74 Å². The van der Waals surface area contributed by atoms with Gasteiger partial charge in [0.25, 0.3) is 0 Å². The van der Waals surface area contributed by atoms with E-state index in [1.54, 1.807) is 0 Å². The molecule has 3 aromatic rings. The Morgan fingerprint density at radius 3 is 2.54 bits per heavy atom. The normalized spacial score (nSPS) is 20.5. The molecular weight excluding hydrogens is 368 g/mol. The molecule has 1 aliphatic heterocycles. The molecule has 1 heterocycles. The molecule has 5 rings (SSSR count). The minimum atomic E-state index is -0.206. The highest BCUT2D eigenvalue weighted by atomic mass is 35.5. The zero-order valence-corrected chi connectivity index (χ0v) is 16.7. The van der Waals surface area contributed by atoms with Crippen LogP contribution in [0.1, 0.15) is 43.7 Å². The molecule has 0 spiro atoms. The van der Waals surface area contributed by atoms with Crippen molar-refractivity contribution in [3.63, 3.8) is 0 Å². The van der Waals surface area contributed by atoms with Crippen LogP contribution in [0.4, 0.5) is 0 Å². The number of carbonyl (C=O) groups is 1. The molecule has 3 aromatic carbocycles. The Morgan fingerprint density at radius 2 is 1.71 bits per heavy atom. The van der Waals surface area contributed by atoms with Crippen molar-refractivity contribution in [1.29, 1.82) is 0 Å². The first-order chi connectivity index (χ1) is 13.4. The molecule has 0 N–H and O–H groups in total. The van der Waals surface area contributed by atoms with Crippen LogP contribution in [-0.2, 0) is 4.79 Å². The van der Waals surface area contributed by atoms with E-state index in [0.29, 0.717) is 11.4 Å². The van der Waals surface area contributed by atoms with Gasteiger partial charge in [-0.1, -0.05) is 74.0 Å². The van der Waals surface area contributed by atoms with Gasteiger partial charge in [-0.25, -0.2) is 0 Å². The van der Waals surface area contributed by atoms with E-state index in [-0.39, 0.29) is 17.1 Å². The fourth-order valence-corrected chi connectivity index (χ4v) is 4.90. The summed E-state index contributed by atoms with van der Waals surface area (Å²) in [6.45, 7) is 4.25. The summed E-state index contributed by atoms with van der Waals surface area (Å²) in [5.41, 5.74) is 2.68. The predicted octanol–water partition coefficient (Wildman–Crippen LogP) is 6.66. The second kappa shape index (κ2) is 6.22. The van der Waals surface area contributed by atoms with Crippen molar-refractivity contribution in [2.45, 2.75) is 32.6 Å². The zero-order chi connectivity index (χ0) is 19.5. The topological polar surface area (TPSA) is 26.3 Å². The van der Waals surface area contributed by atoms with Crippen LogP contribution in [0.3, 0.4) is 0 Å². The third kappa shape index (κ3) is 2.67. The number of rotatable bonds is 1. The van der Waals surface area contributed by atoms with Crippen molar-refractivity contribution in [3.8, 4) is 5.75 Å². The predicted molar refractivity (Wildman–Crippen MR) is 113 cm³/mol. The Labute approximate surface area is 169 Å². The summed E-state index contributed by atoms with van der Waals surface area (Å²) in [5.74, 6) is 1.58. The lowest BCUT2D eigenvalue weighted by atomic mass is 9.69. The molecule has 2 nitrogen and oxygen atoms in total. The van der Waals surface area contributed by atoms with E-state index in [1.165, 1.54) is 0 Å². The van der Waals surface area contributed by atoms with Crippen molar-refractivity contribution in [2.75, 3.05) is 0 Å². The molecule has 140 valence electrons. The molecule has 1 unspecified atom stereocenters. The minimum Gasteiger partial charge on any atom is -0.461 e. The van der Waals surface area contributed by atoms with E-state index in [1.807, 2.05) is 42.5 Å². The number of allylic oxidation sites excluding steroid dienone is 2. The van der Waals surface area contributed by atoms with Crippen LogP contribution in [0.2, 0.25) is 5.02 Å². The van der Waals surface area contributed by atoms with Gasteiger partial charge in [0.05, 0.1) is 0 Å². The Kier molecular flexibility index (Phi) is 3.89. The Balaban J connectivity index is 1.84. The third-order valence-electron chi connectivity index (χ3n) is 5.84. The highest BCUT2D eigenvalue weighted by Crippen LogP contribution is 2.52. The van der Waals surface area contributed by atoms with Gasteiger partial charge in [-0.2, -0.15) is 0 Å². The molecule has 0 bridgehead atoms. The first kappa shape index (κ1) is 17.5. The van der Waals surface area contributed by atoms with E-state index in [2.05, 4.69) is 32.0 Å². The zero-order valence-electron chi connectivity index (χ0n) is 16.0. The van der Waals surface area contributed by atoms with E-state index in [0.717, 1.165) is 45.4 Å². The highest BCUT2D eigenvalue weighted by Gasteiger charge is 2.43. The van der Waals surface area contributed by atoms with Crippen LogP contribution in [0.15, 0.2) is 72.0 Å². The van der Waals surface area contributed by atoms with Gasteiger partial charge in [0.15, 0.2) is 5.78 Å². The van der Waals surface area contributed by atoms with Gasteiger partial charge >= 0.3 is 0 Å². The van der Waals surface area contributed by atoms with Gasteiger partial charge in [-0.05, 0) is 33.9 Å². The number of ketones is 1. The molecule has 0 radical (unpaired) electrons. The number of fused-ring (bicyclic) bond motifs is 3. The Bertz CT molecular complexity index is 1160. The van der Waals surface area contributed by atoms with Crippen molar-refractivity contribution < 1.29 is 9.53 Å². The lowest BCUT2D eigenvalue weighted by molar-refractivity contribution is -0.118. The van der Waals surface area contributed by atoms with Gasteiger partial charge in [0, 0.05) is 34.9 Å². The number of halogens is 1. The van der Waals surface area contributed by atoms with Crippen LogP contribution < -0.4 is 4.74 Å². The average molecular weight is 389 g/mol. The molecule has 0 saturated heterocycles. The summed E-state index contributed by atoms with van der Waals surface area (Å²) < 4.78 is 6.36. The Hall–Kier alpha value is -2.58. The van der Waals surface area contributed by atoms with E-state index in [4.69, 9.17) is 16.3 Å². The monoisotopic (exact) mass is 388 g/mol. The maximum absolute atomic E-state index is 13.3. The summed E-state index contributed by atoms with van der Waals surface area (Å²) in [5, 5.41) is 2.92. The minimum absolute atomic E-state index is 0.102. The number of Topliss-reactive ketones (excluding diaryl/α,β-unsaturated/α-hetero) is 1. The second-order valence-electron chi connectivity index (χ2n) is 8.53. The summed E-state index contributed by atoms with van der Waals surface area (Å²) >= 11 is 6.64. The van der Waals surface area contributed by atoms with Crippen LogP contribution in [0.5, 0.6) is 5.75 Å². The molecule has 0 amide bonds. The van der Waals surface area contributed by atoms with Gasteiger partial charge in [0.2, 0.25) is 0 Å². The number of carbonyl (C=O) groups excluding carboxylic acids is 1. The van der Waals surface area contributed by atoms with Gasteiger partial charge in [0.1, 0.15) is 11.5 Å². The molecule has 2 aliphatic rings. The van der Waals surface area contributed by atoms with E-state index >= 15 is 0 Å². The number of hydrogen-bond acceptors (Lipinski definition) is 2. The summed E-state index contributed by atoms with van der Waals surface area (Å²) in [6.07, 6.45) is 1.28. The maximum Gasteiger partial charge on any atom is 0.163 e. The van der Waals surface area contributed by atoms with Gasteiger partial charge in [-0.3, -0.25) is 4.79 Å². The summed E-state index contributed by atoms with van der Waals surface area (Å²) in [7, 11) is 0. The molecule has 3 heteroatoms. The largest absolute Gasteiger partial charge is 0.461 e. The molecular formula is C25H21ClO2. The second-order valence-corrected chi connectivity index (χ2v) is 8.94. The third-order valence-corrected chi connectivity index (χ3v) is 6.18. The Morgan fingerprint density at radius 1 is 0.964 bits per heavy atom. The molecule has 0 saturated carbocycles. The fraction of sp³-hybridized carbons (Fsp3) is 0.240. The number of ether oxygens (including phenoxy) is 1. The van der Waals surface area contributed by atoms with Crippen LogP contribution in [0.25, 0.3) is 10.8 Å². The van der Waals surface area contributed by atoms with Crippen molar-refractivity contribution in [2.24, 2.45) is 5.41 Å². The van der Waals surface area contributed by atoms with E-state index in [9.17, 15) is 4.79 Å². The fourth-order valence-electron chi connectivity index (χ4n) is 4.65.